The zero-order valence-electron chi connectivity index (χ0n) is 14.7. The monoisotopic (exact) mass is 395 g/mol. The number of benzene rings is 2. The Bertz CT molecular complexity index is 813. The van der Waals surface area contributed by atoms with Gasteiger partial charge >= 0.3 is 5.97 Å². The van der Waals surface area contributed by atoms with Gasteiger partial charge in [0.15, 0.2) is 13.2 Å². The van der Waals surface area contributed by atoms with Crippen LogP contribution in [-0.2, 0) is 14.3 Å². The fourth-order valence-corrected chi connectivity index (χ4v) is 2.84. The summed E-state index contributed by atoms with van der Waals surface area (Å²) in [7, 11) is 0. The smallest absolute Gasteiger partial charge is 0.344 e. The second kappa shape index (κ2) is 8.92. The Hall–Kier alpha value is -2.24. The number of hydrogen-bond donors (Lipinski definition) is 1. The lowest BCUT2D eigenvalue weighted by atomic mass is 10.1. The number of ether oxygens (including phenoxy) is 2. The van der Waals surface area contributed by atoms with Gasteiger partial charge < -0.3 is 14.8 Å². The molecule has 1 N–H and O–H groups in total. The molecule has 26 heavy (non-hydrogen) atoms. The summed E-state index contributed by atoms with van der Waals surface area (Å²) < 4.78 is 10.2. The molecule has 0 saturated carbocycles. The molecular weight excluding hydrogens is 377 g/mol. The van der Waals surface area contributed by atoms with Gasteiger partial charge in [-0.25, -0.2) is 4.79 Å². The molecule has 5 nitrogen and oxygen atoms in total. The third-order valence-corrected chi connectivity index (χ3v) is 4.10. The van der Waals surface area contributed by atoms with E-state index in [4.69, 9.17) is 32.7 Å². The van der Waals surface area contributed by atoms with Crippen LogP contribution >= 0.6 is 23.2 Å². The quantitative estimate of drug-likeness (QED) is 0.732. The third-order valence-electron chi connectivity index (χ3n) is 3.49. The molecule has 2 rings (SSSR count). The van der Waals surface area contributed by atoms with Crippen LogP contribution in [0.3, 0.4) is 0 Å². The van der Waals surface area contributed by atoms with E-state index in [1.54, 1.807) is 18.2 Å². The molecule has 138 valence electrons. The molecule has 2 aromatic rings. The van der Waals surface area contributed by atoms with E-state index < -0.39 is 18.5 Å². The van der Waals surface area contributed by atoms with Gasteiger partial charge in [0.05, 0.1) is 15.7 Å². The predicted octanol–water partition coefficient (Wildman–Crippen LogP) is 4.48. The summed E-state index contributed by atoms with van der Waals surface area (Å²) in [5.74, 6) is -0.777. The van der Waals surface area contributed by atoms with Crippen molar-refractivity contribution in [2.24, 2.45) is 0 Å². The van der Waals surface area contributed by atoms with E-state index in [0.717, 1.165) is 16.7 Å². The van der Waals surface area contributed by atoms with E-state index >= 15 is 0 Å². The SMILES string of the molecule is Cc1cc(C)c(NC(=O)COC(=O)COc2cc(C)ccc2Cl)c(Cl)c1. The zero-order valence-corrected chi connectivity index (χ0v) is 16.2. The van der Waals surface area contributed by atoms with Crippen LogP contribution < -0.4 is 10.1 Å². The van der Waals surface area contributed by atoms with E-state index in [-0.39, 0.29) is 6.61 Å². The minimum absolute atomic E-state index is 0.346. The summed E-state index contributed by atoms with van der Waals surface area (Å²) in [6.07, 6.45) is 0. The molecule has 0 unspecified atom stereocenters. The number of carbonyl (C=O) groups is 2. The first-order valence-corrected chi connectivity index (χ1v) is 8.63. The molecule has 0 aromatic heterocycles. The first-order valence-electron chi connectivity index (χ1n) is 7.87. The highest BCUT2D eigenvalue weighted by molar-refractivity contribution is 6.34. The van der Waals surface area contributed by atoms with Gasteiger partial charge in [0, 0.05) is 0 Å². The zero-order chi connectivity index (χ0) is 19.3. The number of esters is 1. The van der Waals surface area contributed by atoms with E-state index in [0.29, 0.717) is 21.5 Å². The molecule has 0 bridgehead atoms. The average molecular weight is 396 g/mol. The number of aryl methyl sites for hydroxylation is 3. The van der Waals surface area contributed by atoms with Crippen molar-refractivity contribution in [2.45, 2.75) is 20.8 Å². The van der Waals surface area contributed by atoms with Gasteiger partial charge in [-0.2, -0.15) is 0 Å². The summed E-state index contributed by atoms with van der Waals surface area (Å²) >= 11 is 12.1. The van der Waals surface area contributed by atoms with Gasteiger partial charge in [-0.05, 0) is 55.7 Å². The summed E-state index contributed by atoms with van der Waals surface area (Å²) in [5.41, 5.74) is 3.26. The van der Waals surface area contributed by atoms with Gasteiger partial charge in [0.2, 0.25) is 0 Å². The average Bonchev–Trinajstić information content (AvgIpc) is 2.57. The number of hydrogen-bond acceptors (Lipinski definition) is 4. The van der Waals surface area contributed by atoms with Gasteiger partial charge in [-0.15, -0.1) is 0 Å². The molecule has 7 heteroatoms. The van der Waals surface area contributed by atoms with Crippen LogP contribution in [0.15, 0.2) is 30.3 Å². The van der Waals surface area contributed by atoms with Crippen molar-refractivity contribution in [3.8, 4) is 5.75 Å². The van der Waals surface area contributed by atoms with Crippen molar-refractivity contribution in [2.75, 3.05) is 18.5 Å². The second-order valence-corrected chi connectivity index (χ2v) is 6.68. The summed E-state index contributed by atoms with van der Waals surface area (Å²) in [4.78, 5) is 23.7. The van der Waals surface area contributed by atoms with Crippen molar-refractivity contribution >= 4 is 40.8 Å². The minimum Gasteiger partial charge on any atom is -0.480 e. The Balaban J connectivity index is 1.84. The molecule has 0 aliphatic carbocycles. The number of halogens is 2. The number of anilines is 1. The number of carbonyl (C=O) groups excluding carboxylic acids is 2. The van der Waals surface area contributed by atoms with Gasteiger partial charge in [-0.3, -0.25) is 4.79 Å². The Kier molecular flexibility index (Phi) is 6.89. The lowest BCUT2D eigenvalue weighted by Crippen LogP contribution is -2.24. The van der Waals surface area contributed by atoms with E-state index in [2.05, 4.69) is 5.32 Å². The fraction of sp³-hybridized carbons (Fsp3) is 0.263. The fourth-order valence-electron chi connectivity index (χ4n) is 2.30. The topological polar surface area (TPSA) is 64.6 Å². The maximum Gasteiger partial charge on any atom is 0.344 e. The first kappa shape index (κ1) is 20.1. The summed E-state index contributed by atoms with van der Waals surface area (Å²) in [5, 5.41) is 3.47. The molecule has 0 spiro atoms. The summed E-state index contributed by atoms with van der Waals surface area (Å²) in [6.45, 7) is 4.84. The molecule has 0 fully saturated rings. The molecule has 2 aromatic carbocycles. The molecule has 0 aliphatic heterocycles. The maximum absolute atomic E-state index is 12.0. The molecule has 0 atom stereocenters. The molecule has 0 saturated heterocycles. The highest BCUT2D eigenvalue weighted by Crippen LogP contribution is 2.27. The first-order chi connectivity index (χ1) is 12.3. The van der Waals surface area contributed by atoms with Crippen molar-refractivity contribution in [3.63, 3.8) is 0 Å². The van der Waals surface area contributed by atoms with Crippen LogP contribution in [-0.4, -0.2) is 25.1 Å². The second-order valence-electron chi connectivity index (χ2n) is 5.87. The predicted molar refractivity (Wildman–Crippen MR) is 102 cm³/mol. The molecule has 0 heterocycles. The van der Waals surface area contributed by atoms with Crippen molar-refractivity contribution < 1.29 is 19.1 Å². The minimum atomic E-state index is -0.676. The van der Waals surface area contributed by atoms with E-state index in [9.17, 15) is 9.59 Å². The van der Waals surface area contributed by atoms with Crippen molar-refractivity contribution in [1.29, 1.82) is 0 Å². The maximum atomic E-state index is 12.0. The van der Waals surface area contributed by atoms with Crippen molar-refractivity contribution in [1.82, 2.24) is 0 Å². The molecule has 0 aliphatic rings. The standard InChI is InChI=1S/C19H19Cl2NO4/c1-11-4-5-14(20)16(8-11)25-10-18(24)26-9-17(23)22-19-13(3)6-12(2)7-15(19)21/h4-8H,9-10H2,1-3H3,(H,22,23). The highest BCUT2D eigenvalue weighted by Gasteiger charge is 2.13. The highest BCUT2D eigenvalue weighted by atomic mass is 35.5. The normalized spacial score (nSPS) is 10.3. The van der Waals surface area contributed by atoms with Crippen LogP contribution in [0.5, 0.6) is 5.75 Å². The largest absolute Gasteiger partial charge is 0.480 e. The Morgan fingerprint density at radius 1 is 0.962 bits per heavy atom. The van der Waals surface area contributed by atoms with E-state index in [1.807, 2.05) is 32.9 Å². The Morgan fingerprint density at radius 3 is 2.38 bits per heavy atom. The Labute approximate surface area is 162 Å². The lowest BCUT2D eigenvalue weighted by molar-refractivity contribution is -0.149. The third kappa shape index (κ3) is 5.64. The van der Waals surface area contributed by atoms with Crippen LogP contribution in [0.4, 0.5) is 5.69 Å². The van der Waals surface area contributed by atoms with Gasteiger partial charge in [0.1, 0.15) is 5.75 Å². The van der Waals surface area contributed by atoms with Gasteiger partial charge in [0.25, 0.3) is 5.91 Å². The lowest BCUT2D eigenvalue weighted by Gasteiger charge is -2.12. The van der Waals surface area contributed by atoms with E-state index in [1.165, 1.54) is 0 Å². The molecule has 1 amide bonds. The summed E-state index contributed by atoms with van der Waals surface area (Å²) in [6, 6.07) is 8.86. The van der Waals surface area contributed by atoms with Crippen LogP contribution in [0, 0.1) is 20.8 Å². The van der Waals surface area contributed by atoms with Crippen LogP contribution in [0.25, 0.3) is 0 Å². The number of rotatable bonds is 6. The molecule has 0 radical (unpaired) electrons. The Morgan fingerprint density at radius 2 is 1.69 bits per heavy atom. The van der Waals surface area contributed by atoms with Crippen molar-refractivity contribution in [3.05, 3.63) is 57.1 Å². The van der Waals surface area contributed by atoms with Crippen LogP contribution in [0.2, 0.25) is 10.0 Å². The number of amides is 1. The van der Waals surface area contributed by atoms with Gasteiger partial charge in [-0.1, -0.05) is 35.3 Å². The number of nitrogens with one attached hydrogen (secondary N) is 1. The van der Waals surface area contributed by atoms with Crippen LogP contribution in [0.1, 0.15) is 16.7 Å². The molecular formula is C19H19Cl2NO4.